The van der Waals surface area contributed by atoms with Gasteiger partial charge in [0.1, 0.15) is 23.7 Å². The quantitative estimate of drug-likeness (QED) is 0.645. The minimum atomic E-state index is -0.677. The topological polar surface area (TPSA) is 58.9 Å². The second kappa shape index (κ2) is 6.34. The van der Waals surface area contributed by atoms with Gasteiger partial charge in [0.25, 0.3) is 0 Å². The van der Waals surface area contributed by atoms with Crippen molar-refractivity contribution in [2.24, 2.45) is 11.8 Å². The SMILES string of the molecule is O=C(c1ccccc1)[C@H]1[C@@H]2C(=O)N(c3cccc(F)c3)C(=O)[C@@H]2[C@H]2CCC[NH+]21. The lowest BCUT2D eigenvalue weighted by molar-refractivity contribution is -0.915. The number of ketones is 1. The normalized spacial score (nSPS) is 31.2. The van der Waals surface area contributed by atoms with Crippen molar-refractivity contribution in [1.82, 2.24) is 0 Å². The molecule has 6 heteroatoms. The number of anilines is 1. The van der Waals surface area contributed by atoms with E-state index < -0.39 is 23.7 Å². The molecule has 2 amide bonds. The lowest BCUT2D eigenvalue weighted by atomic mass is 9.85. The minimum absolute atomic E-state index is 0.0299. The van der Waals surface area contributed by atoms with Gasteiger partial charge in [0.15, 0.2) is 6.04 Å². The monoisotopic (exact) mass is 379 g/mol. The maximum atomic E-state index is 13.7. The number of fused-ring (bicyclic) bond motifs is 3. The van der Waals surface area contributed by atoms with Gasteiger partial charge in [-0.25, -0.2) is 9.29 Å². The second-order valence-corrected chi connectivity index (χ2v) is 7.82. The molecule has 0 radical (unpaired) electrons. The number of nitrogens with one attached hydrogen (secondary N) is 1. The molecule has 3 fully saturated rings. The molecule has 0 bridgehead atoms. The summed E-state index contributed by atoms with van der Waals surface area (Å²) in [4.78, 5) is 42.0. The zero-order valence-electron chi connectivity index (χ0n) is 15.2. The number of carbonyl (C=O) groups excluding carboxylic acids is 3. The molecule has 3 heterocycles. The zero-order valence-corrected chi connectivity index (χ0v) is 15.2. The third-order valence-corrected chi connectivity index (χ3v) is 6.45. The summed E-state index contributed by atoms with van der Waals surface area (Å²) in [5, 5.41) is 0. The predicted molar refractivity (Wildman–Crippen MR) is 99.3 cm³/mol. The van der Waals surface area contributed by atoms with E-state index in [4.69, 9.17) is 0 Å². The van der Waals surface area contributed by atoms with Crippen LogP contribution >= 0.6 is 0 Å². The van der Waals surface area contributed by atoms with Crippen LogP contribution in [0.3, 0.4) is 0 Å². The summed E-state index contributed by atoms with van der Waals surface area (Å²) in [5.74, 6) is -2.45. The first-order valence-corrected chi connectivity index (χ1v) is 9.66. The Morgan fingerprint density at radius 3 is 2.50 bits per heavy atom. The number of quaternary nitrogens is 1. The molecule has 2 aromatic rings. The van der Waals surface area contributed by atoms with Crippen molar-refractivity contribution in [3.8, 4) is 0 Å². The number of nitrogens with zero attached hydrogens (tertiary/aromatic N) is 1. The molecule has 0 saturated carbocycles. The van der Waals surface area contributed by atoms with E-state index in [1.54, 1.807) is 30.3 Å². The van der Waals surface area contributed by atoms with Gasteiger partial charge < -0.3 is 4.90 Å². The maximum absolute atomic E-state index is 13.7. The highest BCUT2D eigenvalue weighted by molar-refractivity contribution is 6.24. The van der Waals surface area contributed by atoms with Crippen LogP contribution in [-0.2, 0) is 9.59 Å². The first kappa shape index (κ1) is 17.3. The molecule has 2 aromatic carbocycles. The van der Waals surface area contributed by atoms with Crippen molar-refractivity contribution in [1.29, 1.82) is 0 Å². The number of benzene rings is 2. The van der Waals surface area contributed by atoms with Crippen molar-refractivity contribution < 1.29 is 23.7 Å². The fraction of sp³-hybridized carbons (Fsp3) is 0.318. The lowest BCUT2D eigenvalue weighted by Crippen LogP contribution is -3.16. The molecule has 3 saturated heterocycles. The van der Waals surface area contributed by atoms with Crippen molar-refractivity contribution in [3.63, 3.8) is 0 Å². The van der Waals surface area contributed by atoms with Gasteiger partial charge in [0.05, 0.1) is 12.2 Å². The van der Waals surface area contributed by atoms with Gasteiger partial charge in [-0.1, -0.05) is 36.4 Å². The van der Waals surface area contributed by atoms with Crippen LogP contribution in [0.2, 0.25) is 0 Å². The number of halogens is 1. The van der Waals surface area contributed by atoms with Crippen molar-refractivity contribution in [3.05, 3.63) is 66.0 Å². The maximum Gasteiger partial charge on any atom is 0.244 e. The van der Waals surface area contributed by atoms with Gasteiger partial charge in [-0.3, -0.25) is 14.4 Å². The Labute approximate surface area is 161 Å². The molecule has 28 heavy (non-hydrogen) atoms. The number of carbonyl (C=O) groups is 3. The summed E-state index contributed by atoms with van der Waals surface area (Å²) in [7, 11) is 0. The number of amides is 2. The lowest BCUT2D eigenvalue weighted by Gasteiger charge is -2.25. The first-order chi connectivity index (χ1) is 13.6. The molecule has 5 nitrogen and oxygen atoms in total. The summed E-state index contributed by atoms with van der Waals surface area (Å²) < 4.78 is 13.7. The Morgan fingerprint density at radius 2 is 1.75 bits per heavy atom. The third-order valence-electron chi connectivity index (χ3n) is 6.45. The van der Waals surface area contributed by atoms with Crippen LogP contribution in [0.5, 0.6) is 0 Å². The molecule has 1 N–H and O–H groups in total. The Kier molecular flexibility index (Phi) is 3.91. The number of rotatable bonds is 3. The Morgan fingerprint density at radius 1 is 1.00 bits per heavy atom. The third kappa shape index (κ3) is 2.37. The van der Waals surface area contributed by atoms with E-state index in [1.807, 2.05) is 6.07 Å². The second-order valence-electron chi connectivity index (χ2n) is 7.82. The van der Waals surface area contributed by atoms with Crippen LogP contribution in [0.1, 0.15) is 23.2 Å². The zero-order chi connectivity index (χ0) is 19.4. The summed E-state index contributed by atoms with van der Waals surface area (Å²) in [6.07, 6.45) is 1.76. The number of hydrogen-bond acceptors (Lipinski definition) is 3. The van der Waals surface area contributed by atoms with E-state index >= 15 is 0 Å². The highest BCUT2D eigenvalue weighted by atomic mass is 19.1. The molecule has 142 valence electrons. The molecule has 3 aliphatic rings. The van der Waals surface area contributed by atoms with Crippen LogP contribution in [0.15, 0.2) is 54.6 Å². The van der Waals surface area contributed by atoms with Crippen LogP contribution in [0.4, 0.5) is 10.1 Å². The molecular formula is C22H20FN2O3+. The standard InChI is InChI=1S/C22H19FN2O3/c23-14-8-4-9-15(12-14)25-21(27)17-16-10-5-11-24(16)19(18(17)22(25)28)20(26)13-6-2-1-3-7-13/h1-4,6-9,12,16-19H,5,10-11H2/p+1/t16-,17-,18-,19-/m1/s1. The summed E-state index contributed by atoms with van der Waals surface area (Å²) in [6, 6.07) is 13.9. The van der Waals surface area contributed by atoms with Crippen molar-refractivity contribution in [2.45, 2.75) is 24.9 Å². The molecule has 5 atom stereocenters. The van der Waals surface area contributed by atoms with Crippen LogP contribution < -0.4 is 9.80 Å². The molecule has 0 aromatic heterocycles. The van der Waals surface area contributed by atoms with Crippen molar-refractivity contribution >= 4 is 23.3 Å². The van der Waals surface area contributed by atoms with E-state index in [0.717, 1.165) is 29.2 Å². The largest absolute Gasteiger partial charge is 0.322 e. The molecule has 3 aliphatic heterocycles. The fourth-order valence-electron chi connectivity index (χ4n) is 5.39. The fourth-order valence-corrected chi connectivity index (χ4v) is 5.39. The molecule has 0 aliphatic carbocycles. The first-order valence-electron chi connectivity index (χ1n) is 9.66. The van der Waals surface area contributed by atoms with Gasteiger partial charge in [-0.2, -0.15) is 0 Å². The number of hydrogen-bond donors (Lipinski definition) is 1. The average Bonchev–Trinajstić information content (AvgIpc) is 3.34. The van der Waals surface area contributed by atoms with Crippen LogP contribution in [-0.4, -0.2) is 36.2 Å². The highest BCUT2D eigenvalue weighted by Crippen LogP contribution is 2.40. The number of imide groups is 1. The Hall–Kier alpha value is -2.86. The molecule has 0 spiro atoms. The van der Waals surface area contributed by atoms with Crippen molar-refractivity contribution in [2.75, 3.05) is 11.4 Å². The Bertz CT molecular complexity index is 977. The van der Waals surface area contributed by atoms with E-state index in [1.165, 1.54) is 18.2 Å². The smallest absolute Gasteiger partial charge is 0.244 e. The summed E-state index contributed by atoms with van der Waals surface area (Å²) >= 11 is 0. The minimum Gasteiger partial charge on any atom is -0.322 e. The molecular weight excluding hydrogens is 359 g/mol. The van der Waals surface area contributed by atoms with Crippen LogP contribution in [0, 0.1) is 17.7 Å². The van der Waals surface area contributed by atoms with Gasteiger partial charge in [0.2, 0.25) is 17.6 Å². The van der Waals surface area contributed by atoms with E-state index in [9.17, 15) is 18.8 Å². The van der Waals surface area contributed by atoms with Gasteiger partial charge in [-0.05, 0) is 18.2 Å². The Balaban J connectivity index is 1.56. The van der Waals surface area contributed by atoms with E-state index in [2.05, 4.69) is 0 Å². The summed E-state index contributed by atoms with van der Waals surface area (Å²) in [5.41, 5.74) is 0.811. The van der Waals surface area contributed by atoms with Crippen LogP contribution in [0.25, 0.3) is 0 Å². The number of Topliss-reactive ketones (excluding diaryl/α,β-unsaturated/α-hetero) is 1. The van der Waals surface area contributed by atoms with Gasteiger partial charge in [-0.15, -0.1) is 0 Å². The van der Waals surface area contributed by atoms with E-state index in [0.29, 0.717) is 5.56 Å². The summed E-state index contributed by atoms with van der Waals surface area (Å²) in [6.45, 7) is 0.793. The molecule has 1 unspecified atom stereocenters. The molecule has 5 rings (SSSR count). The predicted octanol–water partition coefficient (Wildman–Crippen LogP) is 1.24. The highest BCUT2D eigenvalue weighted by Gasteiger charge is 2.68. The average molecular weight is 379 g/mol. The van der Waals surface area contributed by atoms with E-state index in [-0.39, 0.29) is 29.3 Å². The van der Waals surface area contributed by atoms with Gasteiger partial charge >= 0.3 is 0 Å². The van der Waals surface area contributed by atoms with Gasteiger partial charge in [0, 0.05) is 18.4 Å².